The molecule has 0 aliphatic carbocycles. The van der Waals surface area contributed by atoms with Crippen LogP contribution in [0.5, 0.6) is 0 Å². The Hall–Kier alpha value is -4.40. The third kappa shape index (κ3) is 3.95. The number of fused-ring (bicyclic) bond motifs is 3. The van der Waals surface area contributed by atoms with Gasteiger partial charge >= 0.3 is 0 Å². The van der Waals surface area contributed by atoms with E-state index in [1.54, 1.807) is 0 Å². The lowest BCUT2D eigenvalue weighted by atomic mass is 9.99. The molecule has 0 N–H and O–H groups in total. The van der Waals surface area contributed by atoms with Crippen molar-refractivity contribution in [2.75, 3.05) is 0 Å². The minimum Gasteiger partial charge on any atom is -0.309 e. The van der Waals surface area contributed by atoms with Gasteiger partial charge in [-0.2, -0.15) is 0 Å². The molecule has 0 spiro atoms. The van der Waals surface area contributed by atoms with Crippen LogP contribution in [0.2, 0.25) is 0 Å². The molecule has 0 amide bonds. The molecular formula is C36H24BrN. The summed E-state index contributed by atoms with van der Waals surface area (Å²) in [5.74, 6) is 0. The van der Waals surface area contributed by atoms with E-state index in [0.717, 1.165) is 4.47 Å². The second kappa shape index (κ2) is 9.48. The Kier molecular flexibility index (Phi) is 5.68. The summed E-state index contributed by atoms with van der Waals surface area (Å²) < 4.78 is 3.51. The summed E-state index contributed by atoms with van der Waals surface area (Å²) in [6.45, 7) is 0. The third-order valence-corrected chi connectivity index (χ3v) is 7.98. The zero-order chi connectivity index (χ0) is 25.5. The summed E-state index contributed by atoms with van der Waals surface area (Å²) in [5.41, 5.74) is 10.9. The van der Waals surface area contributed by atoms with Crippen molar-refractivity contribution in [3.05, 3.63) is 150 Å². The van der Waals surface area contributed by atoms with Crippen molar-refractivity contribution in [2.24, 2.45) is 0 Å². The summed E-state index contributed by atoms with van der Waals surface area (Å²) in [6, 6.07) is 52.2. The van der Waals surface area contributed by atoms with Gasteiger partial charge in [0.1, 0.15) is 0 Å². The Morgan fingerprint density at radius 1 is 0.395 bits per heavy atom. The molecule has 7 aromatic rings. The average molecular weight is 550 g/mol. The Morgan fingerprint density at radius 2 is 1.00 bits per heavy atom. The van der Waals surface area contributed by atoms with Crippen LogP contribution in [0.1, 0.15) is 0 Å². The molecule has 180 valence electrons. The van der Waals surface area contributed by atoms with E-state index in [4.69, 9.17) is 0 Å². The van der Waals surface area contributed by atoms with Crippen molar-refractivity contribution in [1.82, 2.24) is 4.57 Å². The lowest BCUT2D eigenvalue weighted by Gasteiger charge is -2.11. The molecule has 0 fully saturated rings. The summed E-state index contributed by atoms with van der Waals surface area (Å²) in [4.78, 5) is 0. The largest absolute Gasteiger partial charge is 0.309 e. The number of para-hydroxylation sites is 1. The fraction of sp³-hybridized carbons (Fsp3) is 0. The zero-order valence-electron chi connectivity index (χ0n) is 20.7. The van der Waals surface area contributed by atoms with E-state index in [2.05, 4.69) is 160 Å². The van der Waals surface area contributed by atoms with E-state index in [0.29, 0.717) is 0 Å². The van der Waals surface area contributed by atoms with Gasteiger partial charge in [0.05, 0.1) is 11.0 Å². The van der Waals surface area contributed by atoms with E-state index < -0.39 is 0 Å². The highest BCUT2D eigenvalue weighted by Gasteiger charge is 2.14. The Labute approximate surface area is 230 Å². The van der Waals surface area contributed by atoms with Crippen LogP contribution < -0.4 is 0 Å². The minimum atomic E-state index is 1.11. The highest BCUT2D eigenvalue weighted by atomic mass is 79.9. The van der Waals surface area contributed by atoms with E-state index in [-0.39, 0.29) is 0 Å². The van der Waals surface area contributed by atoms with Gasteiger partial charge < -0.3 is 4.57 Å². The molecule has 38 heavy (non-hydrogen) atoms. The minimum absolute atomic E-state index is 1.11. The van der Waals surface area contributed by atoms with Crippen molar-refractivity contribution in [3.63, 3.8) is 0 Å². The zero-order valence-corrected chi connectivity index (χ0v) is 22.3. The second-order valence-corrected chi connectivity index (χ2v) is 10.4. The van der Waals surface area contributed by atoms with Crippen molar-refractivity contribution in [1.29, 1.82) is 0 Å². The standard InChI is InChI=1S/C36H24BrN/c37-34-15-6-4-13-31(34)27-19-17-26(18-20-27)29-21-22-33-32-14-5-7-16-35(32)38(36(33)24-29)30-12-8-11-28(23-30)25-9-2-1-3-10-25/h1-24H. The molecule has 6 aromatic carbocycles. The Morgan fingerprint density at radius 3 is 1.84 bits per heavy atom. The van der Waals surface area contributed by atoms with Crippen LogP contribution in [0.15, 0.2) is 150 Å². The van der Waals surface area contributed by atoms with Crippen LogP contribution >= 0.6 is 15.9 Å². The van der Waals surface area contributed by atoms with Crippen molar-refractivity contribution >= 4 is 37.7 Å². The smallest absolute Gasteiger partial charge is 0.0547 e. The fourth-order valence-electron chi connectivity index (χ4n) is 5.42. The first-order chi connectivity index (χ1) is 18.8. The maximum atomic E-state index is 3.69. The Bertz CT molecular complexity index is 1910. The number of nitrogens with zero attached hydrogens (tertiary/aromatic N) is 1. The van der Waals surface area contributed by atoms with Crippen molar-refractivity contribution < 1.29 is 0 Å². The van der Waals surface area contributed by atoms with Gasteiger partial charge in [0.25, 0.3) is 0 Å². The maximum absolute atomic E-state index is 3.69. The van der Waals surface area contributed by atoms with Gasteiger partial charge in [0.15, 0.2) is 0 Å². The van der Waals surface area contributed by atoms with Crippen LogP contribution in [-0.2, 0) is 0 Å². The molecule has 0 unspecified atom stereocenters. The average Bonchev–Trinajstić information content (AvgIpc) is 3.32. The van der Waals surface area contributed by atoms with Gasteiger partial charge in [-0.05, 0) is 63.7 Å². The molecule has 0 aliphatic heterocycles. The number of benzene rings is 6. The molecule has 7 rings (SSSR count). The van der Waals surface area contributed by atoms with Crippen LogP contribution in [-0.4, -0.2) is 4.57 Å². The molecule has 0 radical (unpaired) electrons. The van der Waals surface area contributed by atoms with Gasteiger partial charge in [-0.25, -0.2) is 0 Å². The molecule has 0 saturated heterocycles. The van der Waals surface area contributed by atoms with Gasteiger partial charge in [-0.15, -0.1) is 0 Å². The van der Waals surface area contributed by atoms with E-state index in [9.17, 15) is 0 Å². The first-order valence-corrected chi connectivity index (χ1v) is 13.6. The molecule has 1 aromatic heterocycles. The normalized spacial score (nSPS) is 11.3. The predicted molar refractivity (Wildman–Crippen MR) is 165 cm³/mol. The summed E-state index contributed by atoms with van der Waals surface area (Å²) in [7, 11) is 0. The van der Waals surface area contributed by atoms with Crippen molar-refractivity contribution in [3.8, 4) is 39.1 Å². The van der Waals surface area contributed by atoms with E-state index in [1.807, 2.05) is 6.07 Å². The number of hydrogen-bond donors (Lipinski definition) is 0. The summed E-state index contributed by atoms with van der Waals surface area (Å²) in [5, 5.41) is 2.53. The van der Waals surface area contributed by atoms with Gasteiger partial charge in [0, 0.05) is 20.9 Å². The van der Waals surface area contributed by atoms with Gasteiger partial charge in [-0.3, -0.25) is 0 Å². The third-order valence-electron chi connectivity index (χ3n) is 7.29. The fourth-order valence-corrected chi connectivity index (χ4v) is 5.93. The number of rotatable bonds is 4. The second-order valence-electron chi connectivity index (χ2n) is 9.56. The number of aromatic nitrogens is 1. The SMILES string of the molecule is Brc1ccccc1-c1ccc(-c2ccc3c4ccccc4n(-c4cccc(-c5ccccc5)c4)c3c2)cc1. The molecule has 0 atom stereocenters. The molecule has 1 heterocycles. The van der Waals surface area contributed by atoms with Crippen LogP contribution in [0.25, 0.3) is 60.9 Å². The lowest BCUT2D eigenvalue weighted by Crippen LogP contribution is -1.94. The molecule has 1 nitrogen and oxygen atoms in total. The monoisotopic (exact) mass is 549 g/mol. The summed E-state index contributed by atoms with van der Waals surface area (Å²) >= 11 is 3.69. The van der Waals surface area contributed by atoms with Crippen LogP contribution in [0, 0.1) is 0 Å². The van der Waals surface area contributed by atoms with Crippen LogP contribution in [0.3, 0.4) is 0 Å². The highest BCUT2D eigenvalue weighted by molar-refractivity contribution is 9.10. The highest BCUT2D eigenvalue weighted by Crippen LogP contribution is 2.36. The Balaban J connectivity index is 1.38. The quantitative estimate of drug-likeness (QED) is 0.205. The van der Waals surface area contributed by atoms with E-state index in [1.165, 1.54) is 60.9 Å². The first-order valence-electron chi connectivity index (χ1n) is 12.8. The molecule has 2 heteroatoms. The van der Waals surface area contributed by atoms with Crippen LogP contribution in [0.4, 0.5) is 0 Å². The maximum Gasteiger partial charge on any atom is 0.0547 e. The van der Waals surface area contributed by atoms with Crippen molar-refractivity contribution in [2.45, 2.75) is 0 Å². The molecule has 0 bridgehead atoms. The molecular weight excluding hydrogens is 526 g/mol. The van der Waals surface area contributed by atoms with Gasteiger partial charge in [0.2, 0.25) is 0 Å². The predicted octanol–water partition coefficient (Wildman–Crippen LogP) is 10.5. The molecule has 0 saturated carbocycles. The van der Waals surface area contributed by atoms with Gasteiger partial charge in [-0.1, -0.05) is 131 Å². The topological polar surface area (TPSA) is 4.93 Å². The number of halogens is 1. The molecule has 0 aliphatic rings. The first kappa shape index (κ1) is 22.8. The lowest BCUT2D eigenvalue weighted by molar-refractivity contribution is 1.18. The number of hydrogen-bond acceptors (Lipinski definition) is 0. The summed E-state index contributed by atoms with van der Waals surface area (Å²) in [6.07, 6.45) is 0. The van der Waals surface area contributed by atoms with E-state index >= 15 is 0 Å².